The van der Waals surface area contributed by atoms with E-state index >= 15 is 0 Å². The maximum atomic E-state index is 11.4. The third-order valence-electron chi connectivity index (χ3n) is 2.51. The molecular formula is C13H17NO4. The van der Waals surface area contributed by atoms with Gasteiger partial charge in [-0.2, -0.15) is 0 Å². The van der Waals surface area contributed by atoms with Crippen molar-refractivity contribution in [1.82, 2.24) is 0 Å². The highest BCUT2D eigenvalue weighted by Gasteiger charge is 2.13. The van der Waals surface area contributed by atoms with Crippen molar-refractivity contribution in [3.8, 4) is 0 Å². The van der Waals surface area contributed by atoms with Gasteiger partial charge in [-0.25, -0.2) is 4.79 Å². The number of methoxy groups -OCH3 is 1. The second kappa shape index (κ2) is 6.64. The van der Waals surface area contributed by atoms with Crippen molar-refractivity contribution in [2.45, 2.75) is 19.8 Å². The molecule has 0 spiro atoms. The van der Waals surface area contributed by atoms with Crippen LogP contribution in [0.3, 0.4) is 0 Å². The summed E-state index contributed by atoms with van der Waals surface area (Å²) in [5.74, 6) is -0.758. The molecule has 98 valence electrons. The SMILES string of the molecule is CCOC(=O)CCc1cccc(C(=O)OC)c1N. The highest BCUT2D eigenvalue weighted by Crippen LogP contribution is 2.20. The first kappa shape index (κ1) is 14.0. The second-order valence-electron chi connectivity index (χ2n) is 3.67. The summed E-state index contributed by atoms with van der Waals surface area (Å²) in [4.78, 5) is 22.7. The van der Waals surface area contributed by atoms with Crippen LogP contribution in [0.15, 0.2) is 18.2 Å². The molecule has 0 radical (unpaired) electrons. The van der Waals surface area contributed by atoms with Crippen molar-refractivity contribution in [2.24, 2.45) is 0 Å². The summed E-state index contributed by atoms with van der Waals surface area (Å²) in [6, 6.07) is 5.08. The number of aryl methyl sites for hydroxylation is 1. The molecule has 0 aromatic heterocycles. The van der Waals surface area contributed by atoms with Gasteiger partial charge in [-0.05, 0) is 25.0 Å². The molecule has 0 aliphatic rings. The number of para-hydroxylation sites is 1. The summed E-state index contributed by atoms with van der Waals surface area (Å²) in [5, 5.41) is 0. The molecule has 0 saturated carbocycles. The Bertz CT molecular complexity index is 443. The first-order chi connectivity index (χ1) is 8.60. The Morgan fingerprint density at radius 3 is 2.67 bits per heavy atom. The predicted octanol–water partition coefficient (Wildman–Crippen LogP) is 1.55. The van der Waals surface area contributed by atoms with Crippen LogP contribution in [-0.2, 0) is 20.7 Å². The normalized spacial score (nSPS) is 9.89. The van der Waals surface area contributed by atoms with Gasteiger partial charge in [0, 0.05) is 12.1 Å². The Balaban J connectivity index is 2.78. The zero-order valence-corrected chi connectivity index (χ0v) is 10.6. The monoisotopic (exact) mass is 251 g/mol. The van der Waals surface area contributed by atoms with E-state index in [1.54, 1.807) is 25.1 Å². The van der Waals surface area contributed by atoms with Crippen LogP contribution in [0.25, 0.3) is 0 Å². The van der Waals surface area contributed by atoms with Gasteiger partial charge in [0.05, 0.1) is 19.3 Å². The topological polar surface area (TPSA) is 78.6 Å². The molecule has 1 aromatic rings. The first-order valence-electron chi connectivity index (χ1n) is 5.71. The molecule has 0 heterocycles. The molecule has 0 bridgehead atoms. The van der Waals surface area contributed by atoms with E-state index in [1.807, 2.05) is 0 Å². The van der Waals surface area contributed by atoms with Crippen LogP contribution in [0.1, 0.15) is 29.3 Å². The van der Waals surface area contributed by atoms with Crippen molar-refractivity contribution >= 4 is 17.6 Å². The molecule has 0 amide bonds. The molecule has 0 fully saturated rings. The Morgan fingerprint density at radius 2 is 2.06 bits per heavy atom. The van der Waals surface area contributed by atoms with Crippen molar-refractivity contribution in [2.75, 3.05) is 19.5 Å². The highest BCUT2D eigenvalue weighted by atomic mass is 16.5. The van der Waals surface area contributed by atoms with Crippen molar-refractivity contribution in [1.29, 1.82) is 0 Å². The average Bonchev–Trinajstić information content (AvgIpc) is 2.37. The highest BCUT2D eigenvalue weighted by molar-refractivity contribution is 5.95. The summed E-state index contributed by atoms with van der Waals surface area (Å²) in [5.41, 5.74) is 7.28. The third-order valence-corrected chi connectivity index (χ3v) is 2.51. The molecule has 18 heavy (non-hydrogen) atoms. The number of carbonyl (C=O) groups is 2. The van der Waals surface area contributed by atoms with Gasteiger partial charge in [0.1, 0.15) is 0 Å². The minimum atomic E-state index is -0.481. The number of nitrogen functional groups attached to an aromatic ring is 1. The average molecular weight is 251 g/mol. The fourth-order valence-corrected chi connectivity index (χ4v) is 1.59. The molecule has 0 aliphatic heterocycles. The molecule has 5 heteroatoms. The van der Waals surface area contributed by atoms with Gasteiger partial charge in [-0.1, -0.05) is 12.1 Å². The molecule has 1 rings (SSSR count). The summed E-state index contributed by atoms with van der Waals surface area (Å²) >= 11 is 0. The van der Waals surface area contributed by atoms with E-state index in [9.17, 15) is 9.59 Å². The van der Waals surface area contributed by atoms with E-state index in [0.717, 1.165) is 5.56 Å². The lowest BCUT2D eigenvalue weighted by Crippen LogP contribution is -2.10. The van der Waals surface area contributed by atoms with Crippen LogP contribution in [-0.4, -0.2) is 25.7 Å². The van der Waals surface area contributed by atoms with Crippen LogP contribution >= 0.6 is 0 Å². The second-order valence-corrected chi connectivity index (χ2v) is 3.67. The summed E-state index contributed by atoms with van der Waals surface area (Å²) in [7, 11) is 1.30. The van der Waals surface area contributed by atoms with E-state index in [-0.39, 0.29) is 12.4 Å². The predicted molar refractivity (Wildman–Crippen MR) is 67.1 cm³/mol. The van der Waals surface area contributed by atoms with Crippen LogP contribution < -0.4 is 5.73 Å². The molecule has 0 saturated heterocycles. The fourth-order valence-electron chi connectivity index (χ4n) is 1.59. The number of rotatable bonds is 5. The molecule has 2 N–H and O–H groups in total. The minimum Gasteiger partial charge on any atom is -0.466 e. The number of benzene rings is 1. The number of carbonyl (C=O) groups excluding carboxylic acids is 2. The summed E-state index contributed by atoms with van der Waals surface area (Å²) in [6.45, 7) is 2.11. The zero-order valence-electron chi connectivity index (χ0n) is 10.6. The molecule has 0 aliphatic carbocycles. The van der Waals surface area contributed by atoms with Gasteiger partial charge < -0.3 is 15.2 Å². The molecule has 0 unspecified atom stereocenters. The Hall–Kier alpha value is -2.04. The molecular weight excluding hydrogens is 234 g/mol. The van der Waals surface area contributed by atoms with E-state index in [2.05, 4.69) is 4.74 Å². The van der Waals surface area contributed by atoms with Gasteiger partial charge >= 0.3 is 11.9 Å². The van der Waals surface area contributed by atoms with Gasteiger partial charge in [0.2, 0.25) is 0 Å². The van der Waals surface area contributed by atoms with Crippen LogP contribution in [0.2, 0.25) is 0 Å². The third kappa shape index (κ3) is 3.48. The summed E-state index contributed by atoms with van der Waals surface area (Å²) in [6.07, 6.45) is 0.679. The van der Waals surface area contributed by atoms with E-state index in [0.29, 0.717) is 24.3 Å². The van der Waals surface area contributed by atoms with Crippen LogP contribution in [0.4, 0.5) is 5.69 Å². The quantitative estimate of drug-likeness (QED) is 0.634. The van der Waals surface area contributed by atoms with Gasteiger partial charge in [0.25, 0.3) is 0 Å². The largest absolute Gasteiger partial charge is 0.466 e. The minimum absolute atomic E-state index is 0.239. The Kier molecular flexibility index (Phi) is 5.17. The lowest BCUT2D eigenvalue weighted by atomic mass is 10.0. The van der Waals surface area contributed by atoms with Crippen molar-refractivity contribution in [3.63, 3.8) is 0 Å². The van der Waals surface area contributed by atoms with E-state index in [4.69, 9.17) is 10.5 Å². The fraction of sp³-hybridized carbons (Fsp3) is 0.385. The standard InChI is InChI=1S/C13H17NO4/c1-3-18-11(15)8-7-9-5-4-6-10(12(9)14)13(16)17-2/h4-6H,3,7-8,14H2,1-2H3. The van der Waals surface area contributed by atoms with E-state index in [1.165, 1.54) is 7.11 Å². The van der Waals surface area contributed by atoms with Crippen molar-refractivity contribution < 1.29 is 19.1 Å². The van der Waals surface area contributed by atoms with Gasteiger partial charge in [-0.15, -0.1) is 0 Å². The number of ether oxygens (including phenoxy) is 2. The lowest BCUT2D eigenvalue weighted by molar-refractivity contribution is -0.143. The van der Waals surface area contributed by atoms with Gasteiger partial charge in [-0.3, -0.25) is 4.79 Å². The number of anilines is 1. The Morgan fingerprint density at radius 1 is 1.33 bits per heavy atom. The van der Waals surface area contributed by atoms with Crippen LogP contribution in [0.5, 0.6) is 0 Å². The molecule has 5 nitrogen and oxygen atoms in total. The summed E-state index contributed by atoms with van der Waals surface area (Å²) < 4.78 is 9.46. The number of esters is 2. The number of hydrogen-bond acceptors (Lipinski definition) is 5. The number of hydrogen-bond donors (Lipinski definition) is 1. The smallest absolute Gasteiger partial charge is 0.339 e. The van der Waals surface area contributed by atoms with Crippen molar-refractivity contribution in [3.05, 3.63) is 29.3 Å². The zero-order chi connectivity index (χ0) is 13.5. The van der Waals surface area contributed by atoms with Gasteiger partial charge in [0.15, 0.2) is 0 Å². The molecule has 1 aromatic carbocycles. The maximum Gasteiger partial charge on any atom is 0.339 e. The van der Waals surface area contributed by atoms with Crippen LogP contribution in [0, 0.1) is 0 Å². The Labute approximate surface area is 106 Å². The first-order valence-corrected chi connectivity index (χ1v) is 5.71. The van der Waals surface area contributed by atoms with E-state index < -0.39 is 5.97 Å². The lowest BCUT2D eigenvalue weighted by Gasteiger charge is -2.09. The maximum absolute atomic E-state index is 11.4. The molecule has 0 atom stereocenters. The number of nitrogens with two attached hydrogens (primary N) is 1.